The standard InChI is InChI=1S/C6H11O4Si2/c11-9-10-12-3-1-2-7-4-6-5-8-6/h6H,1-5H2. The molecule has 0 amide bonds. The highest BCUT2D eigenvalue weighted by atomic mass is 28.2. The summed E-state index contributed by atoms with van der Waals surface area (Å²) in [6.45, 7) is 2.37. The van der Waals surface area contributed by atoms with Crippen molar-refractivity contribution in [2.45, 2.75) is 18.6 Å². The first-order valence-electron chi connectivity index (χ1n) is 3.85. The van der Waals surface area contributed by atoms with Gasteiger partial charge in [-0.05, 0) is 12.5 Å². The van der Waals surface area contributed by atoms with Gasteiger partial charge in [0.05, 0.1) is 13.2 Å². The summed E-state index contributed by atoms with van der Waals surface area (Å²) in [5.74, 6) is 0. The minimum atomic E-state index is 0.370. The van der Waals surface area contributed by atoms with Crippen molar-refractivity contribution < 1.29 is 18.6 Å². The van der Waals surface area contributed by atoms with Crippen LogP contribution in [0.25, 0.3) is 0 Å². The molecule has 0 saturated carbocycles. The van der Waals surface area contributed by atoms with E-state index in [2.05, 4.69) is 19.6 Å². The molecule has 1 saturated heterocycles. The molecule has 1 atom stereocenters. The molecular formula is C6H11O4Si2. The molecule has 0 spiro atoms. The second-order valence-corrected chi connectivity index (χ2v) is 3.57. The van der Waals surface area contributed by atoms with Gasteiger partial charge in [0, 0.05) is 6.61 Å². The topological polar surface area (TPSA) is 40.2 Å². The van der Waals surface area contributed by atoms with E-state index >= 15 is 0 Å². The molecule has 1 unspecified atom stereocenters. The van der Waals surface area contributed by atoms with Crippen LogP contribution in [-0.2, 0) is 18.6 Å². The highest BCUT2D eigenvalue weighted by Gasteiger charge is 2.21. The molecule has 1 rings (SSSR count). The smallest absolute Gasteiger partial charge is 0.300 e. The summed E-state index contributed by atoms with van der Waals surface area (Å²) in [5, 5.41) is 0. The minimum absolute atomic E-state index is 0.370. The molecule has 0 aromatic heterocycles. The van der Waals surface area contributed by atoms with Gasteiger partial charge in [-0.2, -0.15) is 0 Å². The third-order valence-electron chi connectivity index (χ3n) is 1.37. The lowest BCUT2D eigenvalue weighted by Crippen LogP contribution is -2.04. The van der Waals surface area contributed by atoms with Crippen LogP contribution in [-0.4, -0.2) is 46.2 Å². The lowest BCUT2D eigenvalue weighted by molar-refractivity contribution is -0.0927. The maximum Gasteiger partial charge on any atom is 0.300 e. The lowest BCUT2D eigenvalue weighted by Gasteiger charge is -2.00. The SMILES string of the molecule is [Si]OO[Si]CCCOCC1CO1. The van der Waals surface area contributed by atoms with Gasteiger partial charge in [0.2, 0.25) is 0 Å². The molecule has 67 valence electrons. The van der Waals surface area contributed by atoms with E-state index < -0.39 is 0 Å². The summed E-state index contributed by atoms with van der Waals surface area (Å²) in [6, 6.07) is 0.968. The van der Waals surface area contributed by atoms with Crippen LogP contribution in [0, 0.1) is 0 Å². The highest BCUT2D eigenvalue weighted by Crippen LogP contribution is 2.08. The van der Waals surface area contributed by atoms with Crippen LogP contribution >= 0.6 is 0 Å². The van der Waals surface area contributed by atoms with E-state index in [-0.39, 0.29) is 0 Å². The fourth-order valence-corrected chi connectivity index (χ4v) is 1.30. The van der Waals surface area contributed by atoms with Gasteiger partial charge in [0.15, 0.2) is 0 Å². The molecule has 12 heavy (non-hydrogen) atoms. The fourth-order valence-electron chi connectivity index (χ4n) is 0.697. The second kappa shape index (κ2) is 6.75. The number of hydrogen-bond acceptors (Lipinski definition) is 4. The molecule has 0 aromatic carbocycles. The molecule has 4 nitrogen and oxygen atoms in total. The Morgan fingerprint density at radius 3 is 3.08 bits per heavy atom. The molecule has 0 aliphatic carbocycles. The van der Waals surface area contributed by atoms with Gasteiger partial charge in [-0.25, -0.2) is 0 Å². The van der Waals surface area contributed by atoms with E-state index in [0.29, 0.717) is 15.9 Å². The van der Waals surface area contributed by atoms with Crippen molar-refractivity contribution >= 4 is 20.2 Å². The molecule has 0 aromatic rings. The van der Waals surface area contributed by atoms with Crippen molar-refractivity contribution in [1.82, 2.24) is 0 Å². The largest absolute Gasteiger partial charge is 0.379 e. The first-order chi connectivity index (χ1) is 5.93. The Balaban J connectivity index is 1.65. The molecule has 1 aliphatic heterocycles. The summed E-state index contributed by atoms with van der Waals surface area (Å²) >= 11 is 0. The van der Waals surface area contributed by atoms with E-state index in [1.54, 1.807) is 0 Å². The molecule has 1 heterocycles. The summed E-state index contributed by atoms with van der Waals surface area (Å²) in [7, 11) is 3.11. The van der Waals surface area contributed by atoms with Gasteiger partial charge < -0.3 is 14.1 Å². The summed E-state index contributed by atoms with van der Waals surface area (Å²) in [6.07, 6.45) is 1.37. The number of hydrogen-bond donors (Lipinski definition) is 0. The predicted molar refractivity (Wildman–Crippen MR) is 43.7 cm³/mol. The average Bonchev–Trinajstić information content (AvgIpc) is 2.87. The van der Waals surface area contributed by atoms with Gasteiger partial charge in [-0.3, -0.25) is 4.58 Å². The zero-order chi connectivity index (χ0) is 8.65. The van der Waals surface area contributed by atoms with Gasteiger partial charge >= 0.3 is 10.5 Å². The van der Waals surface area contributed by atoms with E-state index in [1.807, 2.05) is 0 Å². The summed E-state index contributed by atoms with van der Waals surface area (Å²) in [5.41, 5.74) is 0. The zero-order valence-electron chi connectivity index (χ0n) is 6.75. The normalized spacial score (nSPS) is 21.2. The van der Waals surface area contributed by atoms with Crippen LogP contribution in [0.3, 0.4) is 0 Å². The zero-order valence-corrected chi connectivity index (χ0v) is 8.75. The van der Waals surface area contributed by atoms with Crippen LogP contribution in [0.5, 0.6) is 0 Å². The van der Waals surface area contributed by atoms with Crippen molar-refractivity contribution in [2.24, 2.45) is 0 Å². The van der Waals surface area contributed by atoms with E-state index in [1.165, 1.54) is 0 Å². The first-order valence-corrected chi connectivity index (χ1v) is 5.37. The highest BCUT2D eigenvalue weighted by molar-refractivity contribution is 6.27. The van der Waals surface area contributed by atoms with Crippen LogP contribution < -0.4 is 0 Å². The van der Waals surface area contributed by atoms with Crippen molar-refractivity contribution in [2.75, 3.05) is 19.8 Å². The minimum Gasteiger partial charge on any atom is -0.379 e. The fraction of sp³-hybridized carbons (Fsp3) is 1.00. The van der Waals surface area contributed by atoms with E-state index in [0.717, 1.165) is 32.3 Å². The quantitative estimate of drug-likeness (QED) is 0.181. The van der Waals surface area contributed by atoms with E-state index in [4.69, 9.17) is 9.47 Å². The molecule has 0 N–H and O–H groups in total. The number of ether oxygens (including phenoxy) is 2. The monoisotopic (exact) mass is 203 g/mol. The first kappa shape index (κ1) is 10.4. The van der Waals surface area contributed by atoms with Crippen LogP contribution in [0.1, 0.15) is 6.42 Å². The van der Waals surface area contributed by atoms with Crippen molar-refractivity contribution in [3.8, 4) is 0 Å². The second-order valence-electron chi connectivity index (χ2n) is 2.44. The van der Waals surface area contributed by atoms with E-state index in [9.17, 15) is 0 Å². The molecular weight excluding hydrogens is 192 g/mol. The Bertz CT molecular complexity index is 110. The van der Waals surface area contributed by atoms with Crippen molar-refractivity contribution in [3.05, 3.63) is 0 Å². The Hall–Kier alpha value is 0.274. The number of epoxide rings is 1. The Labute approximate surface area is 77.9 Å². The third kappa shape index (κ3) is 5.87. The maximum atomic E-state index is 5.31. The number of rotatable bonds is 8. The maximum absolute atomic E-state index is 5.31. The molecule has 1 fully saturated rings. The predicted octanol–water partition coefficient (Wildman–Crippen LogP) is -0.139. The van der Waals surface area contributed by atoms with Crippen molar-refractivity contribution in [1.29, 1.82) is 0 Å². The molecule has 1 aliphatic rings. The Morgan fingerprint density at radius 1 is 1.58 bits per heavy atom. The summed E-state index contributed by atoms with van der Waals surface area (Å²) in [4.78, 5) is 0. The van der Waals surface area contributed by atoms with Gasteiger partial charge in [-0.1, -0.05) is 0 Å². The Morgan fingerprint density at radius 2 is 2.42 bits per heavy atom. The van der Waals surface area contributed by atoms with Crippen molar-refractivity contribution in [3.63, 3.8) is 0 Å². The van der Waals surface area contributed by atoms with Gasteiger partial charge in [0.1, 0.15) is 6.10 Å². The van der Waals surface area contributed by atoms with Crippen LogP contribution in [0.2, 0.25) is 6.04 Å². The summed E-state index contributed by atoms with van der Waals surface area (Å²) < 4.78 is 19.2. The van der Waals surface area contributed by atoms with Gasteiger partial charge in [-0.15, -0.1) is 0 Å². The third-order valence-corrected chi connectivity index (χ3v) is 2.38. The average molecular weight is 203 g/mol. The van der Waals surface area contributed by atoms with Crippen LogP contribution in [0.15, 0.2) is 0 Å². The molecule has 0 bridgehead atoms. The Kier molecular flexibility index (Phi) is 5.83. The molecule has 6 heteroatoms. The van der Waals surface area contributed by atoms with Crippen LogP contribution in [0.4, 0.5) is 0 Å². The van der Waals surface area contributed by atoms with Gasteiger partial charge in [0.25, 0.3) is 9.76 Å². The molecule has 5 radical (unpaired) electrons. The lowest BCUT2D eigenvalue weighted by atomic mass is 10.5.